The highest BCUT2D eigenvalue weighted by molar-refractivity contribution is 6.35. The zero-order valence-corrected chi connectivity index (χ0v) is 11.4. The second kappa shape index (κ2) is 6.92. The van der Waals surface area contributed by atoms with Gasteiger partial charge in [0.05, 0.1) is 10.0 Å². The molecule has 0 atom stereocenters. The molecule has 96 valence electrons. The van der Waals surface area contributed by atoms with E-state index in [9.17, 15) is 0 Å². The zero-order valence-electron chi connectivity index (χ0n) is 9.92. The van der Waals surface area contributed by atoms with E-state index in [1.165, 1.54) is 6.20 Å². The summed E-state index contributed by atoms with van der Waals surface area (Å²) in [6.07, 6.45) is 6.90. The number of anilines is 1. The van der Waals surface area contributed by atoms with Crippen LogP contribution in [0.3, 0.4) is 0 Å². The molecule has 0 spiro atoms. The van der Waals surface area contributed by atoms with E-state index in [0.717, 1.165) is 5.56 Å². The molecule has 0 aliphatic heterocycles. The number of nitrogens with zero attached hydrogens (tertiary/aromatic N) is 2. The molecule has 0 radical (unpaired) electrons. The summed E-state index contributed by atoms with van der Waals surface area (Å²) in [6, 6.07) is 11.6. The number of benzene rings is 1. The van der Waals surface area contributed by atoms with Crippen molar-refractivity contribution in [3.05, 3.63) is 64.3 Å². The van der Waals surface area contributed by atoms with Crippen LogP contribution in [0.1, 0.15) is 5.56 Å². The molecule has 0 amide bonds. The number of hydrazone groups is 1. The van der Waals surface area contributed by atoms with Gasteiger partial charge in [-0.15, -0.1) is 0 Å². The molecule has 1 N–H and O–H groups in total. The minimum Gasteiger partial charge on any atom is -0.260 e. The monoisotopic (exact) mass is 291 g/mol. The van der Waals surface area contributed by atoms with Crippen molar-refractivity contribution >= 4 is 41.3 Å². The molecule has 2 rings (SSSR count). The van der Waals surface area contributed by atoms with Crippen molar-refractivity contribution in [2.75, 3.05) is 5.43 Å². The summed E-state index contributed by atoms with van der Waals surface area (Å²) in [5.41, 5.74) is 3.85. The van der Waals surface area contributed by atoms with Crippen LogP contribution in [0.5, 0.6) is 0 Å². The van der Waals surface area contributed by atoms with E-state index < -0.39 is 0 Å². The first-order valence-corrected chi connectivity index (χ1v) is 6.33. The Labute approximate surface area is 121 Å². The smallest absolute Gasteiger partial charge is 0.165 e. The molecule has 3 nitrogen and oxygen atoms in total. The third-order valence-electron chi connectivity index (χ3n) is 2.23. The Kier molecular flexibility index (Phi) is 4.95. The summed E-state index contributed by atoms with van der Waals surface area (Å²) in [5.74, 6) is 0.468. The number of nitrogens with one attached hydrogen (secondary N) is 1. The van der Waals surface area contributed by atoms with Gasteiger partial charge in [-0.1, -0.05) is 59.6 Å². The number of hydrogen-bond acceptors (Lipinski definition) is 3. The molecule has 2 aromatic rings. The minimum atomic E-state index is 0.427. The maximum atomic E-state index is 5.94. The molecule has 0 saturated heterocycles. The van der Waals surface area contributed by atoms with Crippen molar-refractivity contribution < 1.29 is 0 Å². The van der Waals surface area contributed by atoms with E-state index in [-0.39, 0.29) is 0 Å². The molecule has 0 aliphatic carbocycles. The number of rotatable bonds is 4. The van der Waals surface area contributed by atoms with Gasteiger partial charge in [-0.25, -0.2) is 4.98 Å². The van der Waals surface area contributed by atoms with Gasteiger partial charge in [0.25, 0.3) is 0 Å². The van der Waals surface area contributed by atoms with Crippen LogP contribution >= 0.6 is 23.2 Å². The SMILES string of the molecule is Clc1cnc(N/N=C\C=C\c2ccccc2)c(Cl)c1. The van der Waals surface area contributed by atoms with Crippen molar-refractivity contribution in [2.45, 2.75) is 0 Å². The van der Waals surface area contributed by atoms with Gasteiger partial charge in [-0.05, 0) is 17.7 Å². The van der Waals surface area contributed by atoms with Gasteiger partial charge >= 0.3 is 0 Å². The summed E-state index contributed by atoms with van der Waals surface area (Å²) in [5, 5.41) is 4.91. The lowest BCUT2D eigenvalue weighted by molar-refractivity contribution is 1.23. The molecule has 0 bridgehead atoms. The Bertz CT molecular complexity index is 595. The van der Waals surface area contributed by atoms with Crippen LogP contribution in [-0.2, 0) is 0 Å². The highest BCUT2D eigenvalue weighted by Gasteiger charge is 2.00. The van der Waals surface area contributed by atoms with E-state index in [1.54, 1.807) is 12.3 Å². The van der Waals surface area contributed by atoms with Crippen molar-refractivity contribution in [1.29, 1.82) is 0 Å². The molecule has 0 fully saturated rings. The fourth-order valence-corrected chi connectivity index (χ4v) is 1.78. The average Bonchev–Trinajstić information content (AvgIpc) is 2.42. The third kappa shape index (κ3) is 4.39. The van der Waals surface area contributed by atoms with E-state index in [2.05, 4.69) is 15.5 Å². The van der Waals surface area contributed by atoms with Crippen LogP contribution in [0.4, 0.5) is 5.82 Å². The number of pyridine rings is 1. The van der Waals surface area contributed by atoms with Crippen LogP contribution < -0.4 is 5.43 Å². The van der Waals surface area contributed by atoms with Gasteiger partial charge in [0.2, 0.25) is 0 Å². The highest BCUT2D eigenvalue weighted by Crippen LogP contribution is 2.22. The average molecular weight is 292 g/mol. The van der Waals surface area contributed by atoms with E-state index >= 15 is 0 Å². The normalized spacial score (nSPS) is 11.3. The Hall–Kier alpha value is -1.84. The summed E-state index contributed by atoms with van der Waals surface area (Å²) in [7, 11) is 0. The Balaban J connectivity index is 1.92. The molecule has 1 aromatic carbocycles. The first kappa shape index (κ1) is 13.6. The second-order valence-electron chi connectivity index (χ2n) is 3.64. The van der Waals surface area contributed by atoms with Gasteiger partial charge in [0, 0.05) is 12.4 Å². The second-order valence-corrected chi connectivity index (χ2v) is 4.49. The molecule has 5 heteroatoms. The lowest BCUT2D eigenvalue weighted by atomic mass is 10.2. The number of hydrogen-bond donors (Lipinski definition) is 1. The third-order valence-corrected chi connectivity index (χ3v) is 2.72. The van der Waals surface area contributed by atoms with E-state index in [4.69, 9.17) is 23.2 Å². The van der Waals surface area contributed by atoms with E-state index in [1.807, 2.05) is 42.5 Å². The number of allylic oxidation sites excluding steroid dienone is 1. The predicted molar refractivity (Wildman–Crippen MR) is 81.8 cm³/mol. The summed E-state index contributed by atoms with van der Waals surface area (Å²) >= 11 is 11.7. The van der Waals surface area contributed by atoms with Crippen LogP contribution in [0.2, 0.25) is 10.0 Å². The standard InChI is InChI=1S/C14H11Cl2N3/c15-12-9-13(16)14(17-10-12)19-18-8-4-7-11-5-2-1-3-6-11/h1-10H,(H,17,19)/b7-4+,18-8-. The lowest BCUT2D eigenvalue weighted by Gasteiger charge is -2.00. The fraction of sp³-hybridized carbons (Fsp3) is 0. The Morgan fingerprint density at radius 1 is 1.16 bits per heavy atom. The maximum Gasteiger partial charge on any atom is 0.165 e. The Morgan fingerprint density at radius 3 is 2.68 bits per heavy atom. The molecular weight excluding hydrogens is 281 g/mol. The van der Waals surface area contributed by atoms with Gasteiger partial charge < -0.3 is 0 Å². The van der Waals surface area contributed by atoms with Crippen molar-refractivity contribution in [1.82, 2.24) is 4.98 Å². The van der Waals surface area contributed by atoms with Gasteiger partial charge in [0.1, 0.15) is 0 Å². The van der Waals surface area contributed by atoms with Crippen LogP contribution in [-0.4, -0.2) is 11.2 Å². The maximum absolute atomic E-state index is 5.94. The summed E-state index contributed by atoms with van der Waals surface area (Å²) in [4.78, 5) is 4.02. The molecule has 1 heterocycles. The van der Waals surface area contributed by atoms with E-state index in [0.29, 0.717) is 15.9 Å². The Morgan fingerprint density at radius 2 is 1.95 bits per heavy atom. The summed E-state index contributed by atoms with van der Waals surface area (Å²) in [6.45, 7) is 0. The number of halogens is 2. The molecule has 0 saturated carbocycles. The van der Waals surface area contributed by atoms with Crippen molar-refractivity contribution in [3.8, 4) is 0 Å². The highest BCUT2D eigenvalue weighted by atomic mass is 35.5. The molecule has 19 heavy (non-hydrogen) atoms. The topological polar surface area (TPSA) is 37.3 Å². The number of aromatic nitrogens is 1. The lowest BCUT2D eigenvalue weighted by Crippen LogP contribution is -1.92. The van der Waals surface area contributed by atoms with Crippen LogP contribution in [0.25, 0.3) is 6.08 Å². The van der Waals surface area contributed by atoms with Crippen molar-refractivity contribution in [2.24, 2.45) is 5.10 Å². The first-order valence-electron chi connectivity index (χ1n) is 5.57. The van der Waals surface area contributed by atoms with Gasteiger partial charge in [0.15, 0.2) is 5.82 Å². The molecule has 1 aromatic heterocycles. The summed E-state index contributed by atoms with van der Waals surface area (Å²) < 4.78 is 0. The quantitative estimate of drug-likeness (QED) is 0.665. The van der Waals surface area contributed by atoms with Gasteiger partial charge in [-0.2, -0.15) is 5.10 Å². The van der Waals surface area contributed by atoms with Gasteiger partial charge in [-0.3, -0.25) is 5.43 Å². The molecular formula is C14H11Cl2N3. The predicted octanol–water partition coefficient (Wildman–Crippen LogP) is 4.50. The first-order chi connectivity index (χ1) is 9.25. The van der Waals surface area contributed by atoms with Crippen LogP contribution in [0, 0.1) is 0 Å². The van der Waals surface area contributed by atoms with Crippen LogP contribution in [0.15, 0.2) is 53.8 Å². The molecule has 0 aliphatic rings. The molecule has 0 unspecified atom stereocenters. The largest absolute Gasteiger partial charge is 0.260 e. The minimum absolute atomic E-state index is 0.427. The van der Waals surface area contributed by atoms with Crippen molar-refractivity contribution in [3.63, 3.8) is 0 Å². The zero-order chi connectivity index (χ0) is 13.5. The fourth-order valence-electron chi connectivity index (χ4n) is 1.36.